The molecule has 7 nitrogen and oxygen atoms in total. The van der Waals surface area contributed by atoms with E-state index in [1.54, 1.807) is 6.92 Å². The van der Waals surface area contributed by atoms with Crippen LogP contribution in [0.2, 0.25) is 0 Å². The summed E-state index contributed by atoms with van der Waals surface area (Å²) >= 11 is 0. The highest BCUT2D eigenvalue weighted by Gasteiger charge is 2.30. The zero-order chi connectivity index (χ0) is 17.7. The molecule has 1 heterocycles. The molecule has 0 aliphatic carbocycles. The number of halogens is 3. The van der Waals surface area contributed by atoms with Crippen molar-refractivity contribution in [3.8, 4) is 0 Å². The average molecular weight is 343 g/mol. The van der Waals surface area contributed by atoms with Crippen LogP contribution in [0.3, 0.4) is 0 Å². The number of aliphatic hydroxyl groups is 1. The van der Waals surface area contributed by atoms with Gasteiger partial charge in [0.1, 0.15) is 12.9 Å². The van der Waals surface area contributed by atoms with Gasteiger partial charge in [-0.15, -0.1) is 5.10 Å². The lowest BCUT2D eigenvalue weighted by molar-refractivity contribution is -0.137. The molecular formula is C14H16F3N5O2. The van der Waals surface area contributed by atoms with Crippen LogP contribution in [0.15, 0.2) is 30.6 Å². The zero-order valence-electron chi connectivity index (χ0n) is 12.7. The normalized spacial score (nSPS) is 14.2. The Morgan fingerprint density at radius 2 is 2.00 bits per heavy atom. The number of hydrogen-bond donors (Lipinski definition) is 2. The van der Waals surface area contributed by atoms with E-state index in [1.807, 2.05) is 0 Å². The molecule has 0 fully saturated rings. The Bertz CT molecular complexity index is 658. The second kappa shape index (κ2) is 7.39. The van der Waals surface area contributed by atoms with Crippen molar-refractivity contribution >= 4 is 5.91 Å². The highest BCUT2D eigenvalue weighted by molar-refractivity contribution is 5.76. The van der Waals surface area contributed by atoms with Gasteiger partial charge in [-0.2, -0.15) is 13.2 Å². The van der Waals surface area contributed by atoms with Crippen molar-refractivity contribution in [2.75, 3.05) is 0 Å². The number of carbonyl (C=O) groups is 1. The van der Waals surface area contributed by atoms with E-state index in [0.717, 1.165) is 12.1 Å². The van der Waals surface area contributed by atoms with Crippen LogP contribution in [0.4, 0.5) is 13.2 Å². The van der Waals surface area contributed by atoms with Gasteiger partial charge in [-0.3, -0.25) is 4.79 Å². The minimum atomic E-state index is -4.44. The van der Waals surface area contributed by atoms with E-state index in [4.69, 9.17) is 0 Å². The maximum absolute atomic E-state index is 12.6. The smallest absolute Gasteiger partial charge is 0.386 e. The number of alkyl halides is 3. The summed E-state index contributed by atoms with van der Waals surface area (Å²) in [7, 11) is 0. The first kappa shape index (κ1) is 17.9. The van der Waals surface area contributed by atoms with Crippen molar-refractivity contribution in [3.63, 3.8) is 0 Å². The average Bonchev–Trinajstić information content (AvgIpc) is 3.04. The minimum Gasteiger partial charge on any atom is -0.386 e. The molecule has 2 N–H and O–H groups in total. The molecule has 0 aliphatic rings. The molecule has 1 aromatic heterocycles. The summed E-state index contributed by atoms with van der Waals surface area (Å²) < 4.78 is 38.9. The number of amides is 1. The van der Waals surface area contributed by atoms with E-state index in [-0.39, 0.29) is 12.1 Å². The van der Waals surface area contributed by atoms with E-state index in [9.17, 15) is 23.1 Å². The Labute approximate surface area is 135 Å². The van der Waals surface area contributed by atoms with Crippen LogP contribution in [0.5, 0.6) is 0 Å². The van der Waals surface area contributed by atoms with E-state index >= 15 is 0 Å². The summed E-state index contributed by atoms with van der Waals surface area (Å²) in [6.45, 7) is 1.62. The van der Waals surface area contributed by atoms with Crippen LogP contribution in [0.25, 0.3) is 0 Å². The fourth-order valence-corrected chi connectivity index (χ4v) is 2.16. The quantitative estimate of drug-likeness (QED) is 0.825. The molecule has 2 unspecified atom stereocenters. The Kier molecular flexibility index (Phi) is 5.50. The number of nitrogens with zero attached hydrogens (tertiary/aromatic N) is 4. The Hall–Kier alpha value is -2.49. The molecule has 2 atom stereocenters. The third kappa shape index (κ3) is 4.51. The van der Waals surface area contributed by atoms with Gasteiger partial charge in [0, 0.05) is 0 Å². The van der Waals surface area contributed by atoms with Crippen LogP contribution in [-0.4, -0.2) is 37.3 Å². The third-order valence-corrected chi connectivity index (χ3v) is 3.44. The molecule has 2 rings (SSSR count). The highest BCUT2D eigenvalue weighted by atomic mass is 19.4. The first-order valence-corrected chi connectivity index (χ1v) is 7.16. The van der Waals surface area contributed by atoms with Crippen LogP contribution in [0, 0.1) is 0 Å². The molecule has 130 valence electrons. The number of rotatable bonds is 6. The third-order valence-electron chi connectivity index (χ3n) is 3.44. The zero-order valence-corrected chi connectivity index (χ0v) is 12.7. The fourth-order valence-electron chi connectivity index (χ4n) is 2.16. The molecule has 24 heavy (non-hydrogen) atoms. The van der Waals surface area contributed by atoms with Gasteiger partial charge in [0.2, 0.25) is 5.91 Å². The second-order valence-electron chi connectivity index (χ2n) is 5.15. The largest absolute Gasteiger partial charge is 0.416 e. The van der Waals surface area contributed by atoms with Crippen molar-refractivity contribution in [1.29, 1.82) is 0 Å². The molecule has 0 aliphatic heterocycles. The van der Waals surface area contributed by atoms with Crippen molar-refractivity contribution in [2.45, 2.75) is 38.2 Å². The molecule has 0 bridgehead atoms. The van der Waals surface area contributed by atoms with Crippen molar-refractivity contribution in [3.05, 3.63) is 41.7 Å². The molecule has 0 radical (unpaired) electrons. The Morgan fingerprint density at radius 1 is 1.33 bits per heavy atom. The summed E-state index contributed by atoms with van der Waals surface area (Å²) in [6, 6.07) is 3.54. The van der Waals surface area contributed by atoms with Gasteiger partial charge in [0.25, 0.3) is 0 Å². The summed E-state index contributed by atoms with van der Waals surface area (Å²) in [4.78, 5) is 11.9. The lowest BCUT2D eigenvalue weighted by Crippen LogP contribution is -2.40. The Morgan fingerprint density at radius 3 is 2.50 bits per heavy atom. The number of nitrogens with one attached hydrogen (secondary N) is 1. The summed E-state index contributed by atoms with van der Waals surface area (Å²) in [5.41, 5.74) is -0.508. The van der Waals surface area contributed by atoms with Gasteiger partial charge in [-0.1, -0.05) is 19.1 Å². The first-order valence-electron chi connectivity index (χ1n) is 7.16. The van der Waals surface area contributed by atoms with Crippen LogP contribution in [-0.2, 0) is 17.5 Å². The standard InChI is InChI=1S/C14H16F3N5O2/c1-2-11(19-12(23)7-22-8-18-20-21-22)13(24)9-3-5-10(6-4-9)14(15,16)17/h3-6,8,11,13,24H,2,7H2,1H3,(H,19,23). The number of tetrazole rings is 1. The number of aliphatic hydroxyl groups excluding tert-OH is 1. The van der Waals surface area contributed by atoms with E-state index in [1.165, 1.54) is 23.1 Å². The topological polar surface area (TPSA) is 92.9 Å². The van der Waals surface area contributed by atoms with Crippen LogP contribution >= 0.6 is 0 Å². The fraction of sp³-hybridized carbons (Fsp3) is 0.429. The van der Waals surface area contributed by atoms with Gasteiger partial charge in [-0.05, 0) is 34.5 Å². The van der Waals surface area contributed by atoms with E-state index in [0.29, 0.717) is 6.42 Å². The van der Waals surface area contributed by atoms with Crippen molar-refractivity contribution in [1.82, 2.24) is 25.5 Å². The number of benzene rings is 1. The predicted molar refractivity (Wildman–Crippen MR) is 76.4 cm³/mol. The molecule has 1 amide bonds. The van der Waals surface area contributed by atoms with Gasteiger partial charge in [0.05, 0.1) is 17.7 Å². The molecular weight excluding hydrogens is 327 g/mol. The molecule has 0 saturated carbocycles. The number of hydrogen-bond acceptors (Lipinski definition) is 5. The highest BCUT2D eigenvalue weighted by Crippen LogP contribution is 2.30. The summed E-state index contributed by atoms with van der Waals surface area (Å²) in [5, 5.41) is 23.3. The summed E-state index contributed by atoms with van der Waals surface area (Å²) in [6.07, 6.45) is -3.90. The number of carbonyl (C=O) groups excluding carboxylic acids is 1. The lowest BCUT2D eigenvalue weighted by Gasteiger charge is -2.23. The lowest BCUT2D eigenvalue weighted by atomic mass is 9.99. The van der Waals surface area contributed by atoms with Crippen LogP contribution in [0.1, 0.15) is 30.6 Å². The first-order chi connectivity index (χ1) is 11.3. The van der Waals surface area contributed by atoms with E-state index < -0.39 is 29.8 Å². The minimum absolute atomic E-state index is 0.122. The maximum Gasteiger partial charge on any atom is 0.416 e. The Balaban J connectivity index is 2.02. The molecule has 0 spiro atoms. The van der Waals surface area contributed by atoms with Gasteiger partial charge in [0.15, 0.2) is 0 Å². The number of aromatic nitrogens is 4. The van der Waals surface area contributed by atoms with Crippen LogP contribution < -0.4 is 5.32 Å². The maximum atomic E-state index is 12.6. The SMILES string of the molecule is CCC(NC(=O)Cn1cnnn1)C(O)c1ccc(C(F)(F)F)cc1. The van der Waals surface area contributed by atoms with Crippen molar-refractivity contribution < 1.29 is 23.1 Å². The van der Waals surface area contributed by atoms with Crippen molar-refractivity contribution in [2.24, 2.45) is 0 Å². The molecule has 0 saturated heterocycles. The van der Waals surface area contributed by atoms with E-state index in [2.05, 4.69) is 20.8 Å². The predicted octanol–water partition coefficient (Wildman–Crippen LogP) is 1.32. The van der Waals surface area contributed by atoms with Gasteiger partial charge >= 0.3 is 6.18 Å². The van der Waals surface area contributed by atoms with Gasteiger partial charge < -0.3 is 10.4 Å². The summed E-state index contributed by atoms with van der Waals surface area (Å²) in [5.74, 6) is -0.417. The second-order valence-corrected chi connectivity index (χ2v) is 5.15. The monoisotopic (exact) mass is 343 g/mol. The molecule has 2 aromatic rings. The molecule has 10 heteroatoms. The molecule has 1 aromatic carbocycles. The van der Waals surface area contributed by atoms with Gasteiger partial charge in [-0.25, -0.2) is 4.68 Å².